The van der Waals surface area contributed by atoms with E-state index in [0.717, 1.165) is 18.1 Å². The first-order valence-corrected chi connectivity index (χ1v) is 6.61. The van der Waals surface area contributed by atoms with Crippen LogP contribution in [0.4, 0.5) is 0 Å². The minimum atomic E-state index is 0.564. The quantitative estimate of drug-likeness (QED) is 0.760. The molecule has 2 nitrogen and oxygen atoms in total. The molecule has 0 aromatic carbocycles. The van der Waals surface area contributed by atoms with Crippen molar-refractivity contribution in [3.63, 3.8) is 0 Å². The highest BCUT2D eigenvalue weighted by Gasteiger charge is 2.16. The molecule has 1 N–H and O–H groups in total. The van der Waals surface area contributed by atoms with Gasteiger partial charge < -0.3 is 0 Å². The van der Waals surface area contributed by atoms with Crippen molar-refractivity contribution in [2.24, 2.45) is 10.9 Å². The molecule has 1 saturated carbocycles. The largest absolute Gasteiger partial charge is 0.286 e. The Morgan fingerprint density at radius 2 is 2.07 bits per heavy atom. The molecular weight excluding hydrogens is 192 g/mol. The summed E-state index contributed by atoms with van der Waals surface area (Å²) in [5.74, 6) is 2.32. The average Bonchev–Trinajstić information content (AvgIpc) is 2.63. The molecule has 1 aliphatic heterocycles. The van der Waals surface area contributed by atoms with Crippen LogP contribution in [0.25, 0.3) is 0 Å². The topological polar surface area (TPSA) is 36.2 Å². The van der Waals surface area contributed by atoms with Gasteiger partial charge in [-0.3, -0.25) is 5.41 Å². The molecule has 1 heterocycles. The predicted molar refractivity (Wildman–Crippen MR) is 63.4 cm³/mol. The molecule has 0 saturated heterocycles. The van der Waals surface area contributed by atoms with E-state index >= 15 is 0 Å². The van der Waals surface area contributed by atoms with E-state index in [0.29, 0.717) is 5.84 Å². The fourth-order valence-corrected chi connectivity index (χ4v) is 3.10. The van der Waals surface area contributed by atoms with Gasteiger partial charge in [0.15, 0.2) is 0 Å². The first kappa shape index (κ1) is 10.2. The Morgan fingerprint density at radius 1 is 1.29 bits per heavy atom. The fraction of sp³-hybridized carbons (Fsp3) is 0.818. The van der Waals surface area contributed by atoms with E-state index in [1.165, 1.54) is 43.6 Å². The number of hydrogen-bond donors (Lipinski definition) is 1. The molecule has 0 spiro atoms. The van der Waals surface area contributed by atoms with Crippen LogP contribution in [0.2, 0.25) is 0 Å². The SMILES string of the molecule is N=C1CSC(CCC2CCCCC2)=N1. The third-order valence-electron chi connectivity index (χ3n) is 3.13. The van der Waals surface area contributed by atoms with Gasteiger partial charge in [0, 0.05) is 0 Å². The highest BCUT2D eigenvalue weighted by atomic mass is 32.2. The Kier molecular flexibility index (Phi) is 3.62. The van der Waals surface area contributed by atoms with Crippen molar-refractivity contribution in [3.05, 3.63) is 0 Å². The molecule has 0 atom stereocenters. The maximum Gasteiger partial charge on any atom is 0.131 e. The van der Waals surface area contributed by atoms with E-state index in [4.69, 9.17) is 5.41 Å². The number of thioether (sulfide) groups is 1. The van der Waals surface area contributed by atoms with Gasteiger partial charge >= 0.3 is 0 Å². The minimum Gasteiger partial charge on any atom is -0.286 e. The van der Waals surface area contributed by atoms with Crippen LogP contribution in [-0.4, -0.2) is 16.6 Å². The maximum atomic E-state index is 7.39. The van der Waals surface area contributed by atoms with Crippen molar-refractivity contribution in [1.82, 2.24) is 0 Å². The molecule has 14 heavy (non-hydrogen) atoms. The molecule has 2 aliphatic rings. The zero-order chi connectivity index (χ0) is 9.80. The van der Waals surface area contributed by atoms with Gasteiger partial charge in [-0.05, 0) is 18.8 Å². The number of hydrogen-bond acceptors (Lipinski definition) is 2. The van der Waals surface area contributed by atoms with E-state index < -0.39 is 0 Å². The van der Waals surface area contributed by atoms with E-state index in [-0.39, 0.29) is 0 Å². The van der Waals surface area contributed by atoms with Gasteiger partial charge in [-0.1, -0.05) is 32.1 Å². The van der Waals surface area contributed by atoms with Crippen molar-refractivity contribution >= 4 is 22.6 Å². The van der Waals surface area contributed by atoms with E-state index in [9.17, 15) is 0 Å². The van der Waals surface area contributed by atoms with E-state index in [1.54, 1.807) is 11.8 Å². The van der Waals surface area contributed by atoms with Gasteiger partial charge in [-0.25, -0.2) is 4.99 Å². The molecule has 0 radical (unpaired) electrons. The fourth-order valence-electron chi connectivity index (χ4n) is 2.30. The summed E-state index contributed by atoms with van der Waals surface area (Å²) >= 11 is 1.76. The molecular formula is C11H18N2S. The van der Waals surface area contributed by atoms with Crippen LogP contribution < -0.4 is 0 Å². The second-order valence-corrected chi connectivity index (χ2v) is 5.33. The highest BCUT2D eigenvalue weighted by molar-refractivity contribution is 8.15. The summed E-state index contributed by atoms with van der Waals surface area (Å²) in [5, 5.41) is 8.60. The zero-order valence-electron chi connectivity index (χ0n) is 8.59. The summed E-state index contributed by atoms with van der Waals surface area (Å²) < 4.78 is 0. The second-order valence-electron chi connectivity index (χ2n) is 4.28. The summed E-state index contributed by atoms with van der Waals surface area (Å²) in [4.78, 5) is 4.24. The Morgan fingerprint density at radius 3 is 2.71 bits per heavy atom. The first-order valence-electron chi connectivity index (χ1n) is 5.62. The Hall–Kier alpha value is -0.310. The lowest BCUT2D eigenvalue weighted by atomic mass is 9.86. The molecule has 1 aliphatic carbocycles. The number of nitrogens with one attached hydrogen (secondary N) is 1. The van der Waals surface area contributed by atoms with Gasteiger partial charge in [0.25, 0.3) is 0 Å². The van der Waals surface area contributed by atoms with Crippen molar-refractivity contribution in [2.75, 3.05) is 5.75 Å². The standard InChI is InChI=1S/C11H18N2S/c12-10-8-14-11(13-10)7-6-9-4-2-1-3-5-9/h9,12H,1-8H2. The third-order valence-corrected chi connectivity index (χ3v) is 4.17. The molecule has 0 aromatic heterocycles. The molecule has 0 amide bonds. The number of aliphatic imine (C=N–C) groups is 1. The van der Waals surface area contributed by atoms with Crippen LogP contribution in [0.5, 0.6) is 0 Å². The molecule has 0 unspecified atom stereocenters. The van der Waals surface area contributed by atoms with Crippen LogP contribution in [-0.2, 0) is 0 Å². The van der Waals surface area contributed by atoms with Crippen LogP contribution in [0, 0.1) is 11.3 Å². The third kappa shape index (κ3) is 2.84. The molecule has 78 valence electrons. The highest BCUT2D eigenvalue weighted by Crippen LogP contribution is 2.29. The van der Waals surface area contributed by atoms with E-state index in [2.05, 4.69) is 4.99 Å². The van der Waals surface area contributed by atoms with Crippen LogP contribution in [0.1, 0.15) is 44.9 Å². The van der Waals surface area contributed by atoms with Crippen LogP contribution in [0.3, 0.4) is 0 Å². The molecule has 3 heteroatoms. The van der Waals surface area contributed by atoms with Crippen LogP contribution >= 0.6 is 11.8 Å². The van der Waals surface area contributed by atoms with Gasteiger partial charge in [-0.2, -0.15) is 0 Å². The summed E-state index contributed by atoms with van der Waals surface area (Å²) in [6, 6.07) is 0. The van der Waals surface area contributed by atoms with Gasteiger partial charge in [0.2, 0.25) is 0 Å². The normalized spacial score (nSPS) is 24.0. The summed E-state index contributed by atoms with van der Waals surface area (Å²) in [7, 11) is 0. The van der Waals surface area contributed by atoms with Crippen molar-refractivity contribution in [2.45, 2.75) is 44.9 Å². The molecule has 0 bridgehead atoms. The van der Waals surface area contributed by atoms with Gasteiger partial charge in [0.05, 0.1) is 10.8 Å². The Bertz CT molecular complexity index is 242. The number of rotatable bonds is 3. The lowest BCUT2D eigenvalue weighted by molar-refractivity contribution is 0.344. The maximum absolute atomic E-state index is 7.39. The predicted octanol–water partition coefficient (Wildman–Crippen LogP) is 3.47. The average molecular weight is 210 g/mol. The summed E-state index contributed by atoms with van der Waals surface area (Å²) in [6.45, 7) is 0. The Balaban J connectivity index is 1.71. The van der Waals surface area contributed by atoms with E-state index in [1.807, 2.05) is 0 Å². The molecule has 2 rings (SSSR count). The lowest BCUT2D eigenvalue weighted by Crippen LogP contribution is -2.07. The lowest BCUT2D eigenvalue weighted by Gasteiger charge is -2.20. The number of nitrogens with zero attached hydrogens (tertiary/aromatic N) is 1. The smallest absolute Gasteiger partial charge is 0.131 e. The minimum absolute atomic E-state index is 0.564. The molecule has 0 aromatic rings. The second kappa shape index (κ2) is 4.96. The van der Waals surface area contributed by atoms with Gasteiger partial charge in [0.1, 0.15) is 5.84 Å². The van der Waals surface area contributed by atoms with Crippen molar-refractivity contribution in [3.8, 4) is 0 Å². The zero-order valence-corrected chi connectivity index (χ0v) is 9.41. The first-order chi connectivity index (χ1) is 6.84. The summed E-state index contributed by atoms with van der Waals surface area (Å²) in [5.41, 5.74) is 0. The monoisotopic (exact) mass is 210 g/mol. The van der Waals surface area contributed by atoms with Crippen molar-refractivity contribution in [1.29, 1.82) is 5.41 Å². The van der Waals surface area contributed by atoms with Crippen molar-refractivity contribution < 1.29 is 0 Å². The number of amidine groups is 1. The Labute approximate surface area is 90.1 Å². The van der Waals surface area contributed by atoms with Gasteiger partial charge in [-0.15, -0.1) is 11.8 Å². The molecule has 1 fully saturated rings. The summed E-state index contributed by atoms with van der Waals surface area (Å²) in [6.07, 6.45) is 9.58. The van der Waals surface area contributed by atoms with Crippen LogP contribution in [0.15, 0.2) is 4.99 Å².